The van der Waals surface area contributed by atoms with E-state index in [9.17, 15) is 9.59 Å². The lowest BCUT2D eigenvalue weighted by atomic mass is 10.2. The van der Waals surface area contributed by atoms with E-state index in [-0.39, 0.29) is 6.10 Å². The molecule has 2 rings (SSSR count). The number of carbonyl (C=O) groups excluding carboxylic acids is 2. The molecule has 0 unspecified atom stereocenters. The molecular formula is C15H20N2O4. The van der Waals surface area contributed by atoms with Crippen LogP contribution in [0.3, 0.4) is 0 Å². The highest BCUT2D eigenvalue weighted by Gasteiger charge is 2.19. The van der Waals surface area contributed by atoms with E-state index in [2.05, 4.69) is 10.6 Å². The van der Waals surface area contributed by atoms with Crippen molar-refractivity contribution >= 4 is 17.5 Å². The molecule has 21 heavy (non-hydrogen) atoms. The fourth-order valence-corrected chi connectivity index (χ4v) is 2.08. The lowest BCUT2D eigenvalue weighted by Crippen LogP contribution is -2.39. The molecular weight excluding hydrogens is 272 g/mol. The number of hydrogen-bond donors (Lipinski definition) is 2. The minimum atomic E-state index is -0.683. The summed E-state index contributed by atoms with van der Waals surface area (Å²) in [5.41, 5.74) is 0.552. The number of carbonyl (C=O) groups is 2. The topological polar surface area (TPSA) is 76.7 Å². The van der Waals surface area contributed by atoms with Crippen molar-refractivity contribution in [3.8, 4) is 5.75 Å². The molecule has 1 atom stereocenters. The number of benzene rings is 1. The molecule has 6 nitrogen and oxygen atoms in total. The molecule has 0 saturated carbocycles. The molecule has 1 aliphatic heterocycles. The second kappa shape index (κ2) is 7.64. The second-order valence-electron chi connectivity index (χ2n) is 4.76. The second-order valence-corrected chi connectivity index (χ2v) is 4.76. The average Bonchev–Trinajstić information content (AvgIpc) is 3.00. The maximum absolute atomic E-state index is 11.7. The van der Waals surface area contributed by atoms with Crippen LogP contribution >= 0.6 is 0 Å². The first-order chi connectivity index (χ1) is 10.2. The van der Waals surface area contributed by atoms with E-state index in [1.165, 1.54) is 0 Å². The van der Waals surface area contributed by atoms with Crippen molar-refractivity contribution in [2.45, 2.75) is 25.9 Å². The zero-order valence-corrected chi connectivity index (χ0v) is 12.1. The molecule has 1 aromatic rings. The van der Waals surface area contributed by atoms with Crippen molar-refractivity contribution in [3.05, 3.63) is 24.3 Å². The van der Waals surface area contributed by atoms with Gasteiger partial charge in [0.2, 0.25) is 0 Å². The molecule has 0 spiro atoms. The van der Waals surface area contributed by atoms with Crippen molar-refractivity contribution in [1.29, 1.82) is 0 Å². The molecule has 1 saturated heterocycles. The van der Waals surface area contributed by atoms with E-state index in [4.69, 9.17) is 9.47 Å². The normalized spacial score (nSPS) is 17.3. The molecule has 114 valence electrons. The van der Waals surface area contributed by atoms with Crippen molar-refractivity contribution in [1.82, 2.24) is 5.32 Å². The zero-order chi connectivity index (χ0) is 15.1. The minimum absolute atomic E-state index is 0.0206. The molecule has 1 fully saturated rings. The van der Waals surface area contributed by atoms with E-state index >= 15 is 0 Å². The SMILES string of the molecule is CCOc1ccc(NC(=O)C(=O)NC[C@@H]2CCCO2)cc1. The van der Waals surface area contributed by atoms with Gasteiger partial charge >= 0.3 is 11.8 Å². The van der Waals surface area contributed by atoms with Gasteiger partial charge in [0, 0.05) is 18.8 Å². The highest BCUT2D eigenvalue weighted by Crippen LogP contribution is 2.15. The van der Waals surface area contributed by atoms with E-state index in [1.54, 1.807) is 24.3 Å². The number of rotatable bonds is 5. The Morgan fingerprint density at radius 2 is 2.05 bits per heavy atom. The number of hydrogen-bond acceptors (Lipinski definition) is 4. The van der Waals surface area contributed by atoms with Crippen LogP contribution in [0.2, 0.25) is 0 Å². The Morgan fingerprint density at radius 1 is 1.29 bits per heavy atom. The first kappa shape index (κ1) is 15.3. The summed E-state index contributed by atoms with van der Waals surface area (Å²) in [5, 5.41) is 5.11. The van der Waals surface area contributed by atoms with Crippen LogP contribution in [0, 0.1) is 0 Å². The van der Waals surface area contributed by atoms with Crippen LogP contribution in [-0.4, -0.2) is 37.7 Å². The molecule has 0 radical (unpaired) electrons. The fourth-order valence-electron chi connectivity index (χ4n) is 2.08. The Balaban J connectivity index is 1.78. The van der Waals surface area contributed by atoms with Gasteiger partial charge in [-0.15, -0.1) is 0 Å². The Hall–Kier alpha value is -2.08. The van der Waals surface area contributed by atoms with E-state index < -0.39 is 11.8 Å². The third kappa shape index (κ3) is 4.75. The summed E-state index contributed by atoms with van der Waals surface area (Å²) in [4.78, 5) is 23.4. The number of ether oxygens (including phenoxy) is 2. The molecule has 2 N–H and O–H groups in total. The van der Waals surface area contributed by atoms with Gasteiger partial charge < -0.3 is 20.1 Å². The van der Waals surface area contributed by atoms with Crippen molar-refractivity contribution in [2.24, 2.45) is 0 Å². The first-order valence-electron chi connectivity index (χ1n) is 7.12. The number of nitrogens with one attached hydrogen (secondary N) is 2. The van der Waals surface area contributed by atoms with Gasteiger partial charge in [-0.25, -0.2) is 0 Å². The third-order valence-electron chi connectivity index (χ3n) is 3.14. The predicted molar refractivity (Wildman–Crippen MR) is 78.2 cm³/mol. The summed E-state index contributed by atoms with van der Waals surface area (Å²) >= 11 is 0. The number of amides is 2. The Kier molecular flexibility index (Phi) is 5.57. The molecule has 6 heteroatoms. The van der Waals surface area contributed by atoms with Gasteiger partial charge in [-0.05, 0) is 44.0 Å². The fraction of sp³-hybridized carbons (Fsp3) is 0.467. The Bertz CT molecular complexity index is 481. The molecule has 1 heterocycles. The van der Waals surface area contributed by atoms with Gasteiger partial charge in [0.05, 0.1) is 12.7 Å². The standard InChI is InChI=1S/C15H20N2O4/c1-2-20-12-7-5-11(6-8-12)17-15(19)14(18)16-10-13-4-3-9-21-13/h5-8,13H,2-4,9-10H2,1H3,(H,16,18)(H,17,19)/t13-/m0/s1. The van der Waals surface area contributed by atoms with E-state index in [1.807, 2.05) is 6.92 Å². The van der Waals surface area contributed by atoms with Gasteiger partial charge in [-0.2, -0.15) is 0 Å². The number of anilines is 1. The van der Waals surface area contributed by atoms with Gasteiger partial charge in [-0.3, -0.25) is 9.59 Å². The van der Waals surface area contributed by atoms with Crippen molar-refractivity contribution in [3.63, 3.8) is 0 Å². The van der Waals surface area contributed by atoms with Gasteiger partial charge in [0.15, 0.2) is 0 Å². The van der Waals surface area contributed by atoms with Crippen LogP contribution in [0.5, 0.6) is 5.75 Å². The van der Waals surface area contributed by atoms with E-state index in [0.717, 1.165) is 25.2 Å². The molecule has 0 bridgehead atoms. The maximum Gasteiger partial charge on any atom is 0.313 e. The van der Waals surface area contributed by atoms with Crippen molar-refractivity contribution < 1.29 is 19.1 Å². The first-order valence-corrected chi connectivity index (χ1v) is 7.12. The van der Waals surface area contributed by atoms with Crippen LogP contribution in [0.4, 0.5) is 5.69 Å². The molecule has 0 aliphatic carbocycles. The van der Waals surface area contributed by atoms with Gasteiger partial charge in [0.1, 0.15) is 5.75 Å². The maximum atomic E-state index is 11.7. The quantitative estimate of drug-likeness (QED) is 0.802. The predicted octanol–water partition coefficient (Wildman–Crippen LogP) is 1.32. The summed E-state index contributed by atoms with van der Waals surface area (Å²) in [5.74, 6) is -0.616. The molecule has 0 aromatic heterocycles. The minimum Gasteiger partial charge on any atom is -0.494 e. The van der Waals surface area contributed by atoms with Crippen LogP contribution in [0.1, 0.15) is 19.8 Å². The summed E-state index contributed by atoms with van der Waals surface area (Å²) in [6, 6.07) is 6.86. The van der Waals surface area contributed by atoms with Crippen LogP contribution in [0.15, 0.2) is 24.3 Å². The summed E-state index contributed by atoms with van der Waals surface area (Å²) in [6.07, 6.45) is 1.94. The van der Waals surface area contributed by atoms with Crippen LogP contribution in [-0.2, 0) is 14.3 Å². The molecule has 1 aliphatic rings. The summed E-state index contributed by atoms with van der Waals surface area (Å²) < 4.78 is 10.7. The smallest absolute Gasteiger partial charge is 0.313 e. The lowest BCUT2D eigenvalue weighted by Gasteiger charge is -2.11. The highest BCUT2D eigenvalue weighted by molar-refractivity contribution is 6.39. The van der Waals surface area contributed by atoms with Gasteiger partial charge in [0.25, 0.3) is 0 Å². The van der Waals surface area contributed by atoms with Crippen LogP contribution < -0.4 is 15.4 Å². The van der Waals surface area contributed by atoms with Gasteiger partial charge in [-0.1, -0.05) is 0 Å². The van der Waals surface area contributed by atoms with E-state index in [0.29, 0.717) is 18.8 Å². The Morgan fingerprint density at radius 3 is 2.67 bits per heavy atom. The lowest BCUT2D eigenvalue weighted by molar-refractivity contribution is -0.136. The monoisotopic (exact) mass is 292 g/mol. The average molecular weight is 292 g/mol. The zero-order valence-electron chi connectivity index (χ0n) is 12.1. The largest absolute Gasteiger partial charge is 0.494 e. The Labute approximate surface area is 123 Å². The molecule has 2 amide bonds. The van der Waals surface area contributed by atoms with Crippen LogP contribution in [0.25, 0.3) is 0 Å². The summed E-state index contributed by atoms with van der Waals surface area (Å²) in [6.45, 7) is 3.57. The third-order valence-corrected chi connectivity index (χ3v) is 3.14. The molecule has 1 aromatic carbocycles. The highest BCUT2D eigenvalue weighted by atomic mass is 16.5. The summed E-state index contributed by atoms with van der Waals surface area (Å²) in [7, 11) is 0. The van der Waals surface area contributed by atoms with Crippen molar-refractivity contribution in [2.75, 3.05) is 25.1 Å².